The summed E-state index contributed by atoms with van der Waals surface area (Å²) in [6.45, 7) is 0.368. The summed E-state index contributed by atoms with van der Waals surface area (Å²) in [6.07, 6.45) is 0. The van der Waals surface area contributed by atoms with Crippen LogP contribution in [0.25, 0.3) is 15.9 Å². The molecule has 2 aromatic heterocycles. The summed E-state index contributed by atoms with van der Waals surface area (Å²) in [5.41, 5.74) is 2.39. The number of para-hydroxylation sites is 1. The number of nitrogens with one attached hydrogen (secondary N) is 2. The van der Waals surface area contributed by atoms with E-state index in [4.69, 9.17) is 11.6 Å². The molecule has 5 rings (SSSR count). The number of hydrogen-bond acceptors (Lipinski definition) is 6. The monoisotopic (exact) mass is 461 g/mol. The molecule has 3 aromatic carbocycles. The summed E-state index contributed by atoms with van der Waals surface area (Å²) < 4.78 is 1.28. The second-order valence-corrected chi connectivity index (χ2v) is 8.44. The van der Waals surface area contributed by atoms with Crippen LogP contribution in [-0.2, 0) is 6.54 Å². The van der Waals surface area contributed by atoms with Crippen LogP contribution in [-0.4, -0.2) is 20.5 Å². The fraction of sp³-hybridized carbons (Fsp3) is 0.0435. The first-order valence-corrected chi connectivity index (χ1v) is 10.9. The quantitative estimate of drug-likeness (QED) is 0.398. The molecule has 0 bridgehead atoms. The van der Waals surface area contributed by atoms with Crippen molar-refractivity contribution in [2.45, 2.75) is 6.54 Å². The van der Waals surface area contributed by atoms with E-state index in [2.05, 4.69) is 20.7 Å². The molecule has 0 unspecified atom stereocenters. The standard InChI is InChI=1S/C23H16ClN5O2S/c24-16-9-6-14(7-10-16)13-25-20(30)15-8-11-18-19(12-15)27-23-29(21(18)31)28-22(32-23)26-17-4-2-1-3-5-17/h1-12H,13H2,(H,25,30)(H,26,28). The number of nitrogens with zero attached hydrogens (tertiary/aromatic N) is 3. The number of hydrogen-bond donors (Lipinski definition) is 2. The van der Waals surface area contributed by atoms with Crippen LogP contribution in [0.5, 0.6) is 0 Å². The Labute approximate surface area is 191 Å². The van der Waals surface area contributed by atoms with Crippen molar-refractivity contribution in [1.82, 2.24) is 19.9 Å². The van der Waals surface area contributed by atoms with Crippen LogP contribution in [0.15, 0.2) is 77.6 Å². The molecule has 0 saturated carbocycles. The van der Waals surface area contributed by atoms with E-state index in [1.165, 1.54) is 15.9 Å². The molecule has 0 fully saturated rings. The predicted octanol–water partition coefficient (Wildman–Crippen LogP) is 4.63. The third-order valence-electron chi connectivity index (χ3n) is 4.85. The van der Waals surface area contributed by atoms with Gasteiger partial charge in [-0.15, -0.1) is 5.10 Å². The van der Waals surface area contributed by atoms with Crippen molar-refractivity contribution < 1.29 is 4.79 Å². The second kappa shape index (κ2) is 8.41. The summed E-state index contributed by atoms with van der Waals surface area (Å²) in [6, 6.07) is 21.7. The van der Waals surface area contributed by atoms with Gasteiger partial charge in [-0.3, -0.25) is 9.59 Å². The number of carbonyl (C=O) groups excluding carboxylic acids is 1. The number of carbonyl (C=O) groups is 1. The van der Waals surface area contributed by atoms with Gasteiger partial charge in [0.2, 0.25) is 10.1 Å². The highest BCUT2D eigenvalue weighted by Crippen LogP contribution is 2.23. The van der Waals surface area contributed by atoms with Crippen LogP contribution in [0.3, 0.4) is 0 Å². The van der Waals surface area contributed by atoms with E-state index in [9.17, 15) is 9.59 Å². The highest BCUT2D eigenvalue weighted by atomic mass is 35.5. The maximum atomic E-state index is 12.9. The average molecular weight is 462 g/mol. The van der Waals surface area contributed by atoms with Gasteiger partial charge in [0.05, 0.1) is 10.9 Å². The molecule has 9 heteroatoms. The molecular weight excluding hydrogens is 446 g/mol. The number of fused-ring (bicyclic) bond motifs is 2. The molecule has 0 atom stereocenters. The smallest absolute Gasteiger partial charge is 0.283 e. The maximum Gasteiger partial charge on any atom is 0.283 e. The van der Waals surface area contributed by atoms with Gasteiger partial charge in [0.15, 0.2) is 0 Å². The number of benzene rings is 3. The number of anilines is 2. The Morgan fingerprint density at radius 1 is 1.03 bits per heavy atom. The molecule has 7 nitrogen and oxygen atoms in total. The lowest BCUT2D eigenvalue weighted by atomic mass is 10.1. The summed E-state index contributed by atoms with van der Waals surface area (Å²) in [5, 5.41) is 12.0. The molecule has 0 radical (unpaired) electrons. The summed E-state index contributed by atoms with van der Waals surface area (Å²) in [5.74, 6) is -0.250. The number of aromatic nitrogens is 3. The minimum Gasteiger partial charge on any atom is -0.348 e. The fourth-order valence-corrected chi connectivity index (χ4v) is 4.18. The summed E-state index contributed by atoms with van der Waals surface area (Å²) in [4.78, 5) is 30.5. The van der Waals surface area contributed by atoms with Crippen LogP contribution in [0.4, 0.5) is 10.8 Å². The first-order valence-electron chi connectivity index (χ1n) is 9.75. The molecular formula is C23H16ClN5O2S. The SMILES string of the molecule is O=C(NCc1ccc(Cl)cc1)c1ccc2c(=O)n3nc(Nc4ccccc4)sc3nc2c1. The van der Waals surface area contributed by atoms with Gasteiger partial charge in [-0.2, -0.15) is 4.52 Å². The van der Waals surface area contributed by atoms with Gasteiger partial charge in [0, 0.05) is 22.8 Å². The van der Waals surface area contributed by atoms with E-state index in [1.807, 2.05) is 42.5 Å². The van der Waals surface area contributed by atoms with Crippen molar-refractivity contribution in [3.05, 3.63) is 99.3 Å². The van der Waals surface area contributed by atoms with Gasteiger partial charge in [0.1, 0.15) is 0 Å². The zero-order valence-electron chi connectivity index (χ0n) is 16.6. The molecule has 2 N–H and O–H groups in total. The lowest BCUT2D eigenvalue weighted by molar-refractivity contribution is 0.0951. The Hall–Kier alpha value is -3.75. The molecule has 0 aliphatic carbocycles. The zero-order chi connectivity index (χ0) is 22.1. The number of halogens is 1. The van der Waals surface area contributed by atoms with E-state index < -0.39 is 0 Å². The first-order chi connectivity index (χ1) is 15.6. The Balaban J connectivity index is 1.42. The van der Waals surface area contributed by atoms with Crippen LogP contribution in [0.2, 0.25) is 5.02 Å². The van der Waals surface area contributed by atoms with Crippen LogP contribution in [0, 0.1) is 0 Å². The van der Waals surface area contributed by atoms with Crippen LogP contribution < -0.4 is 16.2 Å². The van der Waals surface area contributed by atoms with Crippen molar-refractivity contribution >= 4 is 55.5 Å². The Morgan fingerprint density at radius 2 is 1.81 bits per heavy atom. The summed E-state index contributed by atoms with van der Waals surface area (Å²) in [7, 11) is 0. The molecule has 0 saturated heterocycles. The van der Waals surface area contributed by atoms with E-state index in [0.29, 0.717) is 38.1 Å². The number of rotatable bonds is 5. The Bertz CT molecular complexity index is 1500. The molecule has 158 valence electrons. The van der Waals surface area contributed by atoms with Gasteiger partial charge < -0.3 is 10.6 Å². The normalized spacial score (nSPS) is 11.0. The molecule has 2 heterocycles. The van der Waals surface area contributed by atoms with E-state index in [-0.39, 0.29) is 11.5 Å². The van der Waals surface area contributed by atoms with Crippen molar-refractivity contribution in [2.75, 3.05) is 5.32 Å². The second-order valence-electron chi connectivity index (χ2n) is 7.05. The van der Waals surface area contributed by atoms with Gasteiger partial charge in [-0.1, -0.05) is 53.3 Å². The van der Waals surface area contributed by atoms with Gasteiger partial charge in [-0.25, -0.2) is 4.98 Å². The van der Waals surface area contributed by atoms with Gasteiger partial charge >= 0.3 is 0 Å². The van der Waals surface area contributed by atoms with Crippen molar-refractivity contribution in [1.29, 1.82) is 0 Å². The highest BCUT2D eigenvalue weighted by Gasteiger charge is 2.14. The van der Waals surface area contributed by atoms with E-state index >= 15 is 0 Å². The molecule has 1 amide bonds. The maximum absolute atomic E-state index is 12.9. The Morgan fingerprint density at radius 3 is 2.59 bits per heavy atom. The third kappa shape index (κ3) is 4.05. The fourth-order valence-electron chi connectivity index (χ4n) is 3.23. The largest absolute Gasteiger partial charge is 0.348 e. The van der Waals surface area contributed by atoms with Gasteiger partial charge in [-0.05, 0) is 48.0 Å². The predicted molar refractivity (Wildman–Crippen MR) is 127 cm³/mol. The highest BCUT2D eigenvalue weighted by molar-refractivity contribution is 7.20. The third-order valence-corrected chi connectivity index (χ3v) is 5.93. The van der Waals surface area contributed by atoms with Crippen molar-refractivity contribution in [3.8, 4) is 0 Å². The van der Waals surface area contributed by atoms with Crippen LogP contribution >= 0.6 is 22.9 Å². The minimum atomic E-state index is -0.282. The zero-order valence-corrected chi connectivity index (χ0v) is 18.2. The average Bonchev–Trinajstić information content (AvgIpc) is 3.21. The molecule has 0 aliphatic rings. The molecule has 5 aromatic rings. The van der Waals surface area contributed by atoms with Gasteiger partial charge in [0.25, 0.3) is 11.5 Å². The molecule has 0 spiro atoms. The lowest BCUT2D eigenvalue weighted by Crippen LogP contribution is -2.23. The van der Waals surface area contributed by atoms with E-state index in [1.54, 1.807) is 30.3 Å². The minimum absolute atomic E-state index is 0.250. The first kappa shape index (κ1) is 20.2. The topological polar surface area (TPSA) is 88.4 Å². The Kier molecular flexibility index (Phi) is 5.30. The van der Waals surface area contributed by atoms with Crippen molar-refractivity contribution in [3.63, 3.8) is 0 Å². The van der Waals surface area contributed by atoms with Crippen LogP contribution in [0.1, 0.15) is 15.9 Å². The molecule has 32 heavy (non-hydrogen) atoms. The van der Waals surface area contributed by atoms with Crippen molar-refractivity contribution in [2.24, 2.45) is 0 Å². The molecule has 0 aliphatic heterocycles. The summed E-state index contributed by atoms with van der Waals surface area (Å²) >= 11 is 7.16. The number of amides is 1. The lowest BCUT2D eigenvalue weighted by Gasteiger charge is -2.06. The van der Waals surface area contributed by atoms with E-state index in [0.717, 1.165) is 11.3 Å².